The number of ether oxygens (including phenoxy) is 2. The predicted octanol–water partition coefficient (Wildman–Crippen LogP) is -0.643. The zero-order chi connectivity index (χ0) is 15.9. The van der Waals surface area contributed by atoms with Crippen LogP contribution in [0, 0.1) is 0 Å². The van der Waals surface area contributed by atoms with Crippen LogP contribution in [0.3, 0.4) is 0 Å². The Bertz CT molecular complexity index is 655. The molecule has 1 aromatic carbocycles. The number of aryl methyl sites for hydroxylation is 1. The van der Waals surface area contributed by atoms with Crippen molar-refractivity contribution in [1.82, 2.24) is 4.57 Å². The molecule has 1 aliphatic heterocycles. The number of nitrogens with zero attached hydrogens (tertiary/aromatic N) is 1. The maximum atomic E-state index is 10.0. The summed E-state index contributed by atoms with van der Waals surface area (Å²) in [5.41, 5.74) is 0.946. The summed E-state index contributed by atoms with van der Waals surface area (Å²) in [7, 11) is 1.86. The molecule has 3 rings (SSSR count). The third-order valence-corrected chi connectivity index (χ3v) is 3.95. The number of hydrogen-bond donors (Lipinski definition) is 4. The normalized spacial score (nSPS) is 32.3. The van der Waals surface area contributed by atoms with Gasteiger partial charge in [0.15, 0.2) is 0 Å². The van der Waals surface area contributed by atoms with Crippen LogP contribution in [-0.4, -0.2) is 62.3 Å². The molecule has 22 heavy (non-hydrogen) atoms. The first kappa shape index (κ1) is 15.3. The highest BCUT2D eigenvalue weighted by atomic mass is 16.7. The Kier molecular flexibility index (Phi) is 4.07. The van der Waals surface area contributed by atoms with E-state index in [4.69, 9.17) is 9.47 Å². The van der Waals surface area contributed by atoms with Crippen LogP contribution in [0.4, 0.5) is 0 Å². The summed E-state index contributed by atoms with van der Waals surface area (Å²) < 4.78 is 12.9. The summed E-state index contributed by atoms with van der Waals surface area (Å²) in [5, 5.41) is 39.6. The largest absolute Gasteiger partial charge is 0.460 e. The van der Waals surface area contributed by atoms with Gasteiger partial charge in [-0.15, -0.1) is 0 Å². The minimum atomic E-state index is -1.45. The molecule has 0 bridgehead atoms. The summed E-state index contributed by atoms with van der Waals surface area (Å²) in [6.07, 6.45) is -4.69. The highest BCUT2D eigenvalue weighted by Gasteiger charge is 2.44. The second-order valence-corrected chi connectivity index (χ2v) is 5.44. The van der Waals surface area contributed by atoms with Gasteiger partial charge in [-0.05, 0) is 12.1 Å². The van der Waals surface area contributed by atoms with Crippen LogP contribution in [0.2, 0.25) is 0 Å². The molecule has 0 spiro atoms. The number of para-hydroxylation sites is 1. The molecule has 4 N–H and O–H groups in total. The van der Waals surface area contributed by atoms with E-state index in [1.807, 2.05) is 35.9 Å². The molecule has 7 heteroatoms. The van der Waals surface area contributed by atoms with E-state index >= 15 is 0 Å². The highest BCUT2D eigenvalue weighted by molar-refractivity contribution is 5.86. The molecule has 1 aliphatic rings. The first-order chi connectivity index (χ1) is 10.5. The van der Waals surface area contributed by atoms with E-state index in [0.717, 1.165) is 10.9 Å². The smallest absolute Gasteiger partial charge is 0.229 e. The van der Waals surface area contributed by atoms with Crippen molar-refractivity contribution in [3.8, 4) is 5.75 Å². The fourth-order valence-electron chi connectivity index (χ4n) is 2.69. The summed E-state index contributed by atoms with van der Waals surface area (Å²) in [4.78, 5) is 0. The quantitative estimate of drug-likeness (QED) is 0.601. The van der Waals surface area contributed by atoms with Crippen molar-refractivity contribution in [1.29, 1.82) is 0 Å². The lowest BCUT2D eigenvalue weighted by Gasteiger charge is -2.39. The molecule has 0 aliphatic carbocycles. The van der Waals surface area contributed by atoms with E-state index in [1.54, 1.807) is 6.20 Å². The van der Waals surface area contributed by atoms with Crippen molar-refractivity contribution in [3.63, 3.8) is 0 Å². The lowest BCUT2D eigenvalue weighted by atomic mass is 9.99. The first-order valence-corrected chi connectivity index (χ1v) is 7.04. The second-order valence-electron chi connectivity index (χ2n) is 5.44. The van der Waals surface area contributed by atoms with E-state index in [2.05, 4.69) is 0 Å². The number of hydrogen-bond acceptors (Lipinski definition) is 6. The molecule has 0 amide bonds. The van der Waals surface area contributed by atoms with Gasteiger partial charge in [-0.1, -0.05) is 12.1 Å². The number of fused-ring (bicyclic) bond motifs is 1. The van der Waals surface area contributed by atoms with Crippen molar-refractivity contribution in [2.45, 2.75) is 30.7 Å². The molecule has 120 valence electrons. The topological polar surface area (TPSA) is 104 Å². The monoisotopic (exact) mass is 309 g/mol. The lowest BCUT2D eigenvalue weighted by molar-refractivity contribution is -0.277. The third kappa shape index (κ3) is 2.47. The number of benzene rings is 1. The van der Waals surface area contributed by atoms with Gasteiger partial charge in [-0.2, -0.15) is 0 Å². The van der Waals surface area contributed by atoms with Gasteiger partial charge in [-0.3, -0.25) is 0 Å². The lowest BCUT2D eigenvalue weighted by Crippen LogP contribution is -2.60. The molecule has 1 aromatic heterocycles. The summed E-state index contributed by atoms with van der Waals surface area (Å²) in [6.45, 7) is -0.486. The number of aliphatic hydroxyl groups excluding tert-OH is 4. The minimum absolute atomic E-state index is 0.486. The van der Waals surface area contributed by atoms with Gasteiger partial charge in [0.05, 0.1) is 12.1 Å². The van der Waals surface area contributed by atoms with E-state index in [1.165, 1.54) is 0 Å². The predicted molar refractivity (Wildman–Crippen MR) is 77.3 cm³/mol. The minimum Gasteiger partial charge on any atom is -0.460 e. The Labute approximate surface area is 126 Å². The summed E-state index contributed by atoms with van der Waals surface area (Å²) in [5.74, 6) is 0.488. The van der Waals surface area contributed by atoms with E-state index in [0.29, 0.717) is 5.75 Å². The van der Waals surface area contributed by atoms with Crippen molar-refractivity contribution >= 4 is 10.9 Å². The van der Waals surface area contributed by atoms with Crippen LogP contribution in [0.25, 0.3) is 10.9 Å². The van der Waals surface area contributed by atoms with Crippen molar-refractivity contribution < 1.29 is 29.9 Å². The SMILES string of the molecule is Cn1cc(O[C@@H]2O[C@@H](CO)[C@H](O)[C@@H](O)[C@H]2O)c2ccccc21. The molecule has 7 nitrogen and oxygen atoms in total. The third-order valence-electron chi connectivity index (χ3n) is 3.95. The Hall–Kier alpha value is -1.64. The molecule has 2 heterocycles. The van der Waals surface area contributed by atoms with Crippen LogP contribution in [0.15, 0.2) is 30.5 Å². The standard InChI is InChI=1S/C15H19NO6/c1-16-6-10(8-4-2-3-5-9(8)16)21-15-14(20)13(19)12(18)11(7-17)22-15/h2-6,11-15,17-20H,7H2,1H3/t11-,12-,13+,14+,15+/m0/s1. The molecule has 1 fully saturated rings. The molecular weight excluding hydrogens is 290 g/mol. The van der Waals surface area contributed by atoms with Gasteiger partial charge in [0.25, 0.3) is 0 Å². The molecule has 0 saturated carbocycles. The summed E-state index contributed by atoms with van der Waals surface area (Å²) >= 11 is 0. The average molecular weight is 309 g/mol. The van der Waals surface area contributed by atoms with E-state index in [9.17, 15) is 20.4 Å². The van der Waals surface area contributed by atoms with E-state index in [-0.39, 0.29) is 0 Å². The van der Waals surface area contributed by atoms with Gasteiger partial charge in [0, 0.05) is 18.6 Å². The van der Waals surface area contributed by atoms with Gasteiger partial charge in [-0.25, -0.2) is 0 Å². The zero-order valence-electron chi connectivity index (χ0n) is 12.0. The Morgan fingerprint density at radius 3 is 2.59 bits per heavy atom. The van der Waals surface area contributed by atoms with Crippen LogP contribution in [0.5, 0.6) is 5.75 Å². The molecule has 0 radical (unpaired) electrons. The van der Waals surface area contributed by atoms with Gasteiger partial charge in [0.2, 0.25) is 6.29 Å². The molecule has 5 atom stereocenters. The van der Waals surface area contributed by atoms with Gasteiger partial charge in [0.1, 0.15) is 30.2 Å². The second kappa shape index (κ2) is 5.86. The van der Waals surface area contributed by atoms with Crippen molar-refractivity contribution in [2.75, 3.05) is 6.61 Å². The Morgan fingerprint density at radius 2 is 1.86 bits per heavy atom. The van der Waals surface area contributed by atoms with Gasteiger partial charge < -0.3 is 34.5 Å². The molecular formula is C15H19NO6. The van der Waals surface area contributed by atoms with Crippen molar-refractivity contribution in [3.05, 3.63) is 30.5 Å². The zero-order valence-corrected chi connectivity index (χ0v) is 12.0. The van der Waals surface area contributed by atoms with Crippen molar-refractivity contribution in [2.24, 2.45) is 7.05 Å². The van der Waals surface area contributed by atoms with Gasteiger partial charge >= 0.3 is 0 Å². The van der Waals surface area contributed by atoms with E-state index < -0.39 is 37.3 Å². The van der Waals surface area contributed by atoms with Crippen LogP contribution in [0.1, 0.15) is 0 Å². The summed E-state index contributed by atoms with van der Waals surface area (Å²) in [6, 6.07) is 7.56. The number of aliphatic hydroxyl groups is 4. The number of rotatable bonds is 3. The number of aromatic nitrogens is 1. The fraction of sp³-hybridized carbons (Fsp3) is 0.467. The molecule has 2 aromatic rings. The molecule has 0 unspecified atom stereocenters. The van der Waals surface area contributed by atoms with Crippen LogP contribution in [-0.2, 0) is 11.8 Å². The highest BCUT2D eigenvalue weighted by Crippen LogP contribution is 2.30. The average Bonchev–Trinajstić information content (AvgIpc) is 2.84. The Balaban J connectivity index is 1.87. The molecule has 1 saturated heterocycles. The maximum Gasteiger partial charge on any atom is 0.229 e. The Morgan fingerprint density at radius 1 is 1.14 bits per heavy atom. The first-order valence-electron chi connectivity index (χ1n) is 7.04. The maximum absolute atomic E-state index is 10.0. The fourth-order valence-corrected chi connectivity index (χ4v) is 2.69. The van der Waals surface area contributed by atoms with Crippen LogP contribution < -0.4 is 4.74 Å². The van der Waals surface area contributed by atoms with Crippen LogP contribution >= 0.6 is 0 Å².